The molecule has 0 unspecified atom stereocenters. The summed E-state index contributed by atoms with van der Waals surface area (Å²) in [5.74, 6) is -0.183. The SMILES string of the molecule is CCn1nc(C)c2c(C(=O)Nc3cccc4cccnc34)cc(C)nc21. The Morgan fingerprint density at radius 3 is 2.81 bits per heavy atom. The van der Waals surface area contributed by atoms with Gasteiger partial charge in [0.2, 0.25) is 0 Å². The van der Waals surface area contributed by atoms with Crippen LogP contribution in [-0.2, 0) is 6.54 Å². The number of hydrogen-bond donors (Lipinski definition) is 1. The number of aryl methyl sites for hydroxylation is 3. The average Bonchev–Trinajstić information content (AvgIpc) is 2.97. The number of fused-ring (bicyclic) bond motifs is 2. The smallest absolute Gasteiger partial charge is 0.256 e. The Bertz CT molecular complexity index is 1140. The number of nitrogens with one attached hydrogen (secondary N) is 1. The molecule has 26 heavy (non-hydrogen) atoms. The lowest BCUT2D eigenvalue weighted by molar-refractivity contribution is 0.102. The fraction of sp³-hybridized carbons (Fsp3) is 0.200. The number of anilines is 1. The van der Waals surface area contributed by atoms with Crippen LogP contribution >= 0.6 is 0 Å². The number of rotatable bonds is 3. The van der Waals surface area contributed by atoms with E-state index < -0.39 is 0 Å². The van der Waals surface area contributed by atoms with Crippen molar-refractivity contribution in [3.05, 3.63) is 59.5 Å². The molecule has 0 aliphatic rings. The third-order valence-corrected chi connectivity index (χ3v) is 4.43. The van der Waals surface area contributed by atoms with Crippen molar-refractivity contribution in [2.45, 2.75) is 27.3 Å². The van der Waals surface area contributed by atoms with Gasteiger partial charge in [-0.2, -0.15) is 5.10 Å². The molecule has 0 fully saturated rings. The first-order valence-corrected chi connectivity index (χ1v) is 8.58. The van der Waals surface area contributed by atoms with Crippen LogP contribution in [0.5, 0.6) is 0 Å². The van der Waals surface area contributed by atoms with Crippen LogP contribution < -0.4 is 5.32 Å². The molecule has 3 heterocycles. The van der Waals surface area contributed by atoms with Gasteiger partial charge in [-0.1, -0.05) is 18.2 Å². The van der Waals surface area contributed by atoms with Gasteiger partial charge < -0.3 is 5.32 Å². The van der Waals surface area contributed by atoms with Crippen LogP contribution in [0, 0.1) is 13.8 Å². The third-order valence-electron chi connectivity index (χ3n) is 4.43. The number of hydrogen-bond acceptors (Lipinski definition) is 4. The average molecular weight is 345 g/mol. The number of amides is 1. The van der Waals surface area contributed by atoms with E-state index >= 15 is 0 Å². The lowest BCUT2D eigenvalue weighted by Gasteiger charge is -2.10. The van der Waals surface area contributed by atoms with E-state index in [1.165, 1.54) is 0 Å². The van der Waals surface area contributed by atoms with Gasteiger partial charge in [0, 0.05) is 23.8 Å². The molecule has 130 valence electrons. The van der Waals surface area contributed by atoms with Gasteiger partial charge in [0.05, 0.1) is 27.8 Å². The zero-order valence-electron chi connectivity index (χ0n) is 14.9. The molecule has 3 aromatic heterocycles. The molecule has 4 rings (SSSR count). The maximum Gasteiger partial charge on any atom is 0.256 e. The van der Waals surface area contributed by atoms with Crippen molar-refractivity contribution < 1.29 is 4.79 Å². The summed E-state index contributed by atoms with van der Waals surface area (Å²) in [5.41, 5.74) is 4.37. The van der Waals surface area contributed by atoms with Gasteiger partial charge in [-0.25, -0.2) is 9.67 Å². The first-order valence-electron chi connectivity index (χ1n) is 8.58. The maximum absolute atomic E-state index is 13.1. The van der Waals surface area contributed by atoms with Crippen molar-refractivity contribution in [3.63, 3.8) is 0 Å². The van der Waals surface area contributed by atoms with Crippen molar-refractivity contribution in [2.24, 2.45) is 0 Å². The van der Waals surface area contributed by atoms with Crippen LogP contribution in [0.1, 0.15) is 28.7 Å². The Labute approximate surface area is 150 Å². The molecule has 0 saturated heterocycles. The van der Waals surface area contributed by atoms with Crippen LogP contribution in [0.4, 0.5) is 5.69 Å². The van der Waals surface area contributed by atoms with Crippen molar-refractivity contribution in [3.8, 4) is 0 Å². The number of para-hydroxylation sites is 1. The number of carbonyl (C=O) groups is 1. The van der Waals surface area contributed by atoms with Gasteiger partial charge in [0.1, 0.15) is 0 Å². The molecule has 6 heteroatoms. The second kappa shape index (κ2) is 6.22. The molecule has 0 aliphatic heterocycles. The number of benzene rings is 1. The summed E-state index contributed by atoms with van der Waals surface area (Å²) in [6.45, 7) is 6.51. The number of nitrogens with zero attached hydrogens (tertiary/aromatic N) is 4. The van der Waals surface area contributed by atoms with Gasteiger partial charge in [-0.05, 0) is 39.0 Å². The molecule has 0 bridgehead atoms. The number of pyridine rings is 2. The van der Waals surface area contributed by atoms with E-state index in [-0.39, 0.29) is 5.91 Å². The summed E-state index contributed by atoms with van der Waals surface area (Å²) in [4.78, 5) is 22.0. The molecule has 0 aliphatic carbocycles. The van der Waals surface area contributed by atoms with Crippen LogP contribution in [-0.4, -0.2) is 25.7 Å². The Hall–Kier alpha value is -3.28. The highest BCUT2D eigenvalue weighted by Gasteiger charge is 2.19. The molecule has 1 aromatic carbocycles. The number of aromatic nitrogens is 4. The summed E-state index contributed by atoms with van der Waals surface area (Å²) < 4.78 is 1.83. The lowest BCUT2D eigenvalue weighted by atomic mass is 10.1. The molecular weight excluding hydrogens is 326 g/mol. The molecule has 6 nitrogen and oxygen atoms in total. The summed E-state index contributed by atoms with van der Waals surface area (Å²) in [6, 6.07) is 11.4. The quantitative estimate of drug-likeness (QED) is 0.612. The molecule has 1 amide bonds. The second-order valence-electron chi connectivity index (χ2n) is 6.25. The van der Waals surface area contributed by atoms with Crippen LogP contribution in [0.15, 0.2) is 42.6 Å². The largest absolute Gasteiger partial charge is 0.320 e. The summed E-state index contributed by atoms with van der Waals surface area (Å²) in [5, 5.41) is 9.30. The zero-order valence-corrected chi connectivity index (χ0v) is 14.9. The van der Waals surface area contributed by atoms with E-state index in [2.05, 4.69) is 20.4 Å². The highest BCUT2D eigenvalue weighted by molar-refractivity contribution is 6.14. The van der Waals surface area contributed by atoms with Crippen molar-refractivity contribution in [1.29, 1.82) is 0 Å². The summed E-state index contributed by atoms with van der Waals surface area (Å²) in [6.07, 6.45) is 1.72. The van der Waals surface area contributed by atoms with Crippen LogP contribution in [0.25, 0.3) is 21.9 Å². The molecule has 0 radical (unpaired) electrons. The first kappa shape index (κ1) is 16.2. The lowest BCUT2D eigenvalue weighted by Crippen LogP contribution is -2.14. The molecular formula is C20H19N5O. The van der Waals surface area contributed by atoms with E-state index in [1.807, 2.05) is 61.9 Å². The van der Waals surface area contributed by atoms with E-state index in [0.717, 1.165) is 33.3 Å². The predicted molar refractivity (Wildman–Crippen MR) is 102 cm³/mol. The Morgan fingerprint density at radius 1 is 1.19 bits per heavy atom. The van der Waals surface area contributed by atoms with Gasteiger partial charge in [0.25, 0.3) is 5.91 Å². The predicted octanol–water partition coefficient (Wildman–Crippen LogP) is 3.87. The van der Waals surface area contributed by atoms with Crippen LogP contribution in [0.2, 0.25) is 0 Å². The van der Waals surface area contributed by atoms with E-state index in [0.29, 0.717) is 17.8 Å². The number of carbonyl (C=O) groups excluding carboxylic acids is 1. The highest BCUT2D eigenvalue weighted by Crippen LogP contribution is 2.25. The molecule has 0 saturated carbocycles. The standard InChI is InChI=1S/C20H19N5O/c1-4-25-19-17(13(3)24-25)15(11-12(2)22-19)20(26)23-16-9-5-7-14-8-6-10-21-18(14)16/h5-11H,4H2,1-3H3,(H,23,26). The molecule has 1 N–H and O–H groups in total. The van der Waals surface area contributed by atoms with Crippen molar-refractivity contribution >= 4 is 33.5 Å². The molecule has 0 spiro atoms. The first-order chi connectivity index (χ1) is 12.6. The fourth-order valence-electron chi connectivity index (χ4n) is 3.27. The van der Waals surface area contributed by atoms with Crippen molar-refractivity contribution in [1.82, 2.24) is 19.7 Å². The zero-order chi connectivity index (χ0) is 18.3. The van der Waals surface area contributed by atoms with E-state index in [4.69, 9.17) is 0 Å². The van der Waals surface area contributed by atoms with Gasteiger partial charge >= 0.3 is 0 Å². The maximum atomic E-state index is 13.1. The van der Waals surface area contributed by atoms with Gasteiger partial charge in [-0.15, -0.1) is 0 Å². The normalized spacial score (nSPS) is 11.2. The van der Waals surface area contributed by atoms with Gasteiger partial charge in [-0.3, -0.25) is 9.78 Å². The van der Waals surface area contributed by atoms with Crippen molar-refractivity contribution in [2.75, 3.05) is 5.32 Å². The summed E-state index contributed by atoms with van der Waals surface area (Å²) >= 11 is 0. The minimum absolute atomic E-state index is 0.183. The third kappa shape index (κ3) is 2.60. The monoisotopic (exact) mass is 345 g/mol. The van der Waals surface area contributed by atoms with Crippen LogP contribution in [0.3, 0.4) is 0 Å². The Balaban J connectivity index is 1.83. The highest BCUT2D eigenvalue weighted by atomic mass is 16.1. The van der Waals surface area contributed by atoms with E-state index in [1.54, 1.807) is 6.20 Å². The second-order valence-corrected chi connectivity index (χ2v) is 6.25. The molecule has 0 atom stereocenters. The van der Waals surface area contributed by atoms with E-state index in [9.17, 15) is 4.79 Å². The topological polar surface area (TPSA) is 72.7 Å². The minimum Gasteiger partial charge on any atom is -0.320 e. The molecule has 4 aromatic rings. The fourth-order valence-corrected chi connectivity index (χ4v) is 3.27. The summed E-state index contributed by atoms with van der Waals surface area (Å²) in [7, 11) is 0. The Morgan fingerprint density at radius 2 is 2.00 bits per heavy atom. The Kier molecular flexibility index (Phi) is 3.88. The van der Waals surface area contributed by atoms with Gasteiger partial charge in [0.15, 0.2) is 5.65 Å². The minimum atomic E-state index is -0.183.